The van der Waals surface area contributed by atoms with Crippen molar-refractivity contribution in [2.75, 3.05) is 46.5 Å². The van der Waals surface area contributed by atoms with Gasteiger partial charge >= 0.3 is 0 Å². The number of rotatable bonds is 6. The minimum absolute atomic E-state index is 0.548. The van der Waals surface area contributed by atoms with E-state index < -0.39 is 0 Å². The predicted octanol–water partition coefficient (Wildman–Crippen LogP) is 1.90. The summed E-state index contributed by atoms with van der Waals surface area (Å²) in [5.74, 6) is 0.945. The van der Waals surface area contributed by atoms with Gasteiger partial charge in [0, 0.05) is 26.7 Å². The van der Waals surface area contributed by atoms with Gasteiger partial charge in [-0.1, -0.05) is 12.1 Å². The smallest absolute Gasteiger partial charge is 0.119 e. The highest BCUT2D eigenvalue weighted by molar-refractivity contribution is 5.28. The molecule has 2 heterocycles. The van der Waals surface area contributed by atoms with Crippen LogP contribution >= 0.6 is 0 Å². The van der Waals surface area contributed by atoms with Crippen LogP contribution in [0.25, 0.3) is 0 Å². The molecule has 0 aliphatic carbocycles. The van der Waals surface area contributed by atoms with Crippen molar-refractivity contribution in [3.8, 4) is 5.75 Å². The average molecular weight is 290 g/mol. The lowest BCUT2D eigenvalue weighted by Gasteiger charge is -2.23. The summed E-state index contributed by atoms with van der Waals surface area (Å²) in [6, 6.07) is 8.46. The standard InChI is InChI=1S/C17H26N2O2/c1-20-9-10-21-16-4-2-3-15(11-16)12-19-8-6-17(14-19)5-7-18-13-17/h2-4,11,18H,5-10,12-14H2,1H3. The molecular weight excluding hydrogens is 264 g/mol. The minimum Gasteiger partial charge on any atom is -0.491 e. The maximum Gasteiger partial charge on any atom is 0.119 e. The van der Waals surface area contributed by atoms with E-state index in [-0.39, 0.29) is 0 Å². The lowest BCUT2D eigenvalue weighted by molar-refractivity contribution is 0.146. The molecule has 4 heteroatoms. The van der Waals surface area contributed by atoms with Crippen molar-refractivity contribution in [3.05, 3.63) is 29.8 Å². The van der Waals surface area contributed by atoms with Gasteiger partial charge in [-0.15, -0.1) is 0 Å². The monoisotopic (exact) mass is 290 g/mol. The SMILES string of the molecule is COCCOc1cccc(CN2CCC3(CCNC3)C2)c1. The van der Waals surface area contributed by atoms with Crippen LogP contribution in [0.2, 0.25) is 0 Å². The molecule has 0 amide bonds. The zero-order valence-electron chi connectivity index (χ0n) is 12.9. The molecule has 2 saturated heterocycles. The number of nitrogens with zero attached hydrogens (tertiary/aromatic N) is 1. The Labute approximate surface area is 127 Å². The molecule has 2 aliphatic rings. The molecule has 4 nitrogen and oxygen atoms in total. The molecule has 1 spiro atoms. The van der Waals surface area contributed by atoms with Crippen LogP contribution in [0.5, 0.6) is 5.75 Å². The fourth-order valence-electron chi connectivity index (χ4n) is 3.54. The van der Waals surface area contributed by atoms with Crippen LogP contribution in [0.1, 0.15) is 18.4 Å². The van der Waals surface area contributed by atoms with E-state index in [1.807, 2.05) is 6.07 Å². The fraction of sp³-hybridized carbons (Fsp3) is 0.647. The van der Waals surface area contributed by atoms with E-state index in [2.05, 4.69) is 28.4 Å². The Kier molecular flexibility index (Phi) is 4.78. The molecule has 0 bridgehead atoms. The molecule has 1 atom stereocenters. The number of ether oxygens (including phenoxy) is 2. The van der Waals surface area contributed by atoms with Crippen LogP contribution in [-0.4, -0.2) is 51.4 Å². The highest BCUT2D eigenvalue weighted by atomic mass is 16.5. The lowest BCUT2D eigenvalue weighted by Crippen LogP contribution is -2.28. The van der Waals surface area contributed by atoms with Crippen molar-refractivity contribution in [1.29, 1.82) is 0 Å². The van der Waals surface area contributed by atoms with Gasteiger partial charge in [-0.3, -0.25) is 4.90 Å². The largest absolute Gasteiger partial charge is 0.491 e. The molecule has 1 aromatic rings. The summed E-state index contributed by atoms with van der Waals surface area (Å²) in [6.45, 7) is 7.11. The second-order valence-electron chi connectivity index (χ2n) is 6.38. The first-order valence-corrected chi connectivity index (χ1v) is 7.93. The van der Waals surface area contributed by atoms with Gasteiger partial charge in [-0.2, -0.15) is 0 Å². The zero-order valence-corrected chi connectivity index (χ0v) is 12.9. The summed E-state index contributed by atoms with van der Waals surface area (Å²) >= 11 is 0. The Balaban J connectivity index is 1.54. The molecule has 0 saturated carbocycles. The average Bonchev–Trinajstić information content (AvgIpc) is 3.10. The predicted molar refractivity (Wildman–Crippen MR) is 83.6 cm³/mol. The highest BCUT2D eigenvalue weighted by Crippen LogP contribution is 2.36. The van der Waals surface area contributed by atoms with E-state index in [0.29, 0.717) is 18.6 Å². The molecule has 1 N–H and O–H groups in total. The molecule has 0 radical (unpaired) electrons. The van der Waals surface area contributed by atoms with E-state index >= 15 is 0 Å². The number of benzene rings is 1. The van der Waals surface area contributed by atoms with Crippen molar-refractivity contribution in [3.63, 3.8) is 0 Å². The maximum atomic E-state index is 5.69. The summed E-state index contributed by atoms with van der Waals surface area (Å²) in [4.78, 5) is 2.58. The van der Waals surface area contributed by atoms with E-state index in [4.69, 9.17) is 9.47 Å². The zero-order chi connectivity index (χ0) is 14.5. The lowest BCUT2D eigenvalue weighted by atomic mass is 9.86. The van der Waals surface area contributed by atoms with Crippen molar-refractivity contribution in [1.82, 2.24) is 10.2 Å². The van der Waals surface area contributed by atoms with Crippen LogP contribution in [-0.2, 0) is 11.3 Å². The molecule has 116 valence electrons. The quantitative estimate of drug-likeness (QED) is 0.811. The van der Waals surface area contributed by atoms with Crippen LogP contribution in [0.4, 0.5) is 0 Å². The van der Waals surface area contributed by atoms with Crippen molar-refractivity contribution >= 4 is 0 Å². The topological polar surface area (TPSA) is 33.7 Å². The maximum absolute atomic E-state index is 5.69. The second-order valence-corrected chi connectivity index (χ2v) is 6.38. The fourth-order valence-corrected chi connectivity index (χ4v) is 3.54. The van der Waals surface area contributed by atoms with Crippen molar-refractivity contribution < 1.29 is 9.47 Å². The Bertz CT molecular complexity index is 458. The van der Waals surface area contributed by atoms with E-state index in [1.54, 1.807) is 7.11 Å². The summed E-state index contributed by atoms with van der Waals surface area (Å²) in [5, 5.41) is 3.52. The van der Waals surface area contributed by atoms with Gasteiger partial charge in [0.1, 0.15) is 12.4 Å². The first-order chi connectivity index (χ1) is 10.3. The van der Waals surface area contributed by atoms with Crippen molar-refractivity contribution in [2.45, 2.75) is 19.4 Å². The first-order valence-electron chi connectivity index (χ1n) is 7.93. The van der Waals surface area contributed by atoms with Crippen LogP contribution in [0.3, 0.4) is 0 Å². The van der Waals surface area contributed by atoms with Crippen LogP contribution < -0.4 is 10.1 Å². The van der Waals surface area contributed by atoms with Gasteiger partial charge in [-0.05, 0) is 49.0 Å². The van der Waals surface area contributed by atoms with Gasteiger partial charge in [-0.25, -0.2) is 0 Å². The Morgan fingerprint density at radius 3 is 3.05 bits per heavy atom. The van der Waals surface area contributed by atoms with Gasteiger partial charge in [0.25, 0.3) is 0 Å². The van der Waals surface area contributed by atoms with Gasteiger partial charge in [0.2, 0.25) is 0 Å². The van der Waals surface area contributed by atoms with Crippen molar-refractivity contribution in [2.24, 2.45) is 5.41 Å². The third-order valence-electron chi connectivity index (χ3n) is 4.71. The molecular formula is C17H26N2O2. The third kappa shape index (κ3) is 3.76. The Morgan fingerprint density at radius 1 is 1.29 bits per heavy atom. The summed E-state index contributed by atoms with van der Waals surface area (Å²) in [5.41, 5.74) is 1.89. The van der Waals surface area contributed by atoms with Gasteiger partial charge in [0.15, 0.2) is 0 Å². The van der Waals surface area contributed by atoms with E-state index in [0.717, 1.165) is 12.3 Å². The number of likely N-dealkylation sites (tertiary alicyclic amines) is 1. The highest BCUT2D eigenvalue weighted by Gasteiger charge is 2.39. The normalized spacial score (nSPS) is 25.8. The van der Waals surface area contributed by atoms with Gasteiger partial charge in [0.05, 0.1) is 6.61 Å². The number of hydrogen-bond donors (Lipinski definition) is 1. The van der Waals surface area contributed by atoms with E-state index in [9.17, 15) is 0 Å². The Hall–Kier alpha value is -1.10. The minimum atomic E-state index is 0.548. The summed E-state index contributed by atoms with van der Waals surface area (Å²) < 4.78 is 10.7. The molecule has 3 rings (SSSR count). The molecule has 2 aliphatic heterocycles. The number of methoxy groups -OCH3 is 1. The number of nitrogens with one attached hydrogen (secondary N) is 1. The molecule has 0 aromatic heterocycles. The van der Waals surface area contributed by atoms with E-state index in [1.165, 1.54) is 44.6 Å². The third-order valence-corrected chi connectivity index (χ3v) is 4.71. The van der Waals surface area contributed by atoms with Crippen LogP contribution in [0, 0.1) is 5.41 Å². The second kappa shape index (κ2) is 6.77. The Morgan fingerprint density at radius 2 is 2.24 bits per heavy atom. The first kappa shape index (κ1) is 14.8. The molecule has 2 fully saturated rings. The summed E-state index contributed by atoms with van der Waals surface area (Å²) in [6.07, 6.45) is 2.67. The van der Waals surface area contributed by atoms with Gasteiger partial charge < -0.3 is 14.8 Å². The number of hydrogen-bond acceptors (Lipinski definition) is 4. The molecule has 21 heavy (non-hydrogen) atoms. The molecule has 1 aromatic carbocycles. The summed E-state index contributed by atoms with van der Waals surface area (Å²) in [7, 11) is 1.70. The molecule has 1 unspecified atom stereocenters. The van der Waals surface area contributed by atoms with Crippen LogP contribution in [0.15, 0.2) is 24.3 Å².